The maximum absolute atomic E-state index is 13.7. The van der Waals surface area contributed by atoms with Gasteiger partial charge in [-0.15, -0.1) is 0 Å². The van der Waals surface area contributed by atoms with E-state index in [1.54, 1.807) is 24.5 Å². The molecule has 1 unspecified atom stereocenters. The zero-order valence-corrected chi connectivity index (χ0v) is 17.7. The van der Waals surface area contributed by atoms with Crippen molar-refractivity contribution < 1.29 is 13.9 Å². The lowest BCUT2D eigenvalue weighted by Gasteiger charge is -2.19. The van der Waals surface area contributed by atoms with Crippen molar-refractivity contribution in [3.05, 3.63) is 83.2 Å². The third-order valence-electron chi connectivity index (χ3n) is 5.00. The first-order chi connectivity index (χ1) is 14.4. The summed E-state index contributed by atoms with van der Waals surface area (Å²) in [6.45, 7) is 4.61. The van der Waals surface area contributed by atoms with E-state index in [1.807, 2.05) is 37.6 Å². The smallest absolute Gasteiger partial charge is 0.220 e. The molecule has 158 valence electrons. The second-order valence-electron chi connectivity index (χ2n) is 7.53. The van der Waals surface area contributed by atoms with Gasteiger partial charge in [-0.25, -0.2) is 9.37 Å². The molecule has 1 atom stereocenters. The summed E-state index contributed by atoms with van der Waals surface area (Å²) < 4.78 is 21.4. The second-order valence-corrected chi connectivity index (χ2v) is 7.53. The van der Waals surface area contributed by atoms with Crippen LogP contribution >= 0.6 is 0 Å². The zero-order chi connectivity index (χ0) is 21.5. The molecule has 30 heavy (non-hydrogen) atoms. The number of rotatable bonds is 9. The normalized spacial score (nSPS) is 11.9. The molecule has 0 fully saturated rings. The number of ether oxygens (including phenoxy) is 1. The van der Waals surface area contributed by atoms with Gasteiger partial charge in [0.05, 0.1) is 6.61 Å². The van der Waals surface area contributed by atoms with Gasteiger partial charge in [0.25, 0.3) is 0 Å². The molecule has 1 heterocycles. The number of hydrogen-bond acceptors (Lipinski definition) is 3. The first-order valence-corrected chi connectivity index (χ1v) is 10.2. The third kappa shape index (κ3) is 5.69. The van der Waals surface area contributed by atoms with Crippen molar-refractivity contribution in [1.82, 2.24) is 14.9 Å². The number of benzene rings is 2. The maximum atomic E-state index is 13.7. The van der Waals surface area contributed by atoms with Crippen molar-refractivity contribution in [2.24, 2.45) is 7.05 Å². The van der Waals surface area contributed by atoms with Crippen LogP contribution in [-0.4, -0.2) is 22.1 Å². The van der Waals surface area contributed by atoms with E-state index in [0.29, 0.717) is 30.8 Å². The van der Waals surface area contributed by atoms with Gasteiger partial charge in [0.2, 0.25) is 5.91 Å². The van der Waals surface area contributed by atoms with E-state index in [-0.39, 0.29) is 11.7 Å². The fraction of sp³-hybridized carbons (Fsp3) is 0.333. The molecular formula is C24H28FN3O2. The molecule has 3 rings (SSSR count). The summed E-state index contributed by atoms with van der Waals surface area (Å²) in [4.78, 5) is 16.9. The number of amides is 1. The molecule has 1 aromatic heterocycles. The van der Waals surface area contributed by atoms with Crippen LogP contribution < -0.4 is 10.1 Å². The summed E-state index contributed by atoms with van der Waals surface area (Å²) >= 11 is 0. The summed E-state index contributed by atoms with van der Waals surface area (Å²) in [6, 6.07) is 11.9. The molecule has 0 saturated heterocycles. The first-order valence-electron chi connectivity index (χ1n) is 10.2. The van der Waals surface area contributed by atoms with Gasteiger partial charge in [0.15, 0.2) is 0 Å². The van der Waals surface area contributed by atoms with Crippen LogP contribution in [-0.2, 0) is 11.8 Å². The highest BCUT2D eigenvalue weighted by Gasteiger charge is 2.21. The van der Waals surface area contributed by atoms with Crippen molar-refractivity contribution >= 4 is 5.91 Å². The molecule has 1 N–H and O–H groups in total. The van der Waals surface area contributed by atoms with E-state index >= 15 is 0 Å². The average Bonchev–Trinajstić information content (AvgIpc) is 3.14. The predicted molar refractivity (Wildman–Crippen MR) is 115 cm³/mol. The Labute approximate surface area is 176 Å². The lowest BCUT2D eigenvalue weighted by Crippen LogP contribution is -2.31. The summed E-state index contributed by atoms with van der Waals surface area (Å²) in [6.07, 6.45) is 5.31. The number of halogens is 1. The van der Waals surface area contributed by atoms with Gasteiger partial charge in [-0.05, 0) is 61.6 Å². The number of carbonyl (C=O) groups is 1. The molecule has 0 radical (unpaired) electrons. The number of carbonyl (C=O) groups excluding carboxylic acids is 1. The van der Waals surface area contributed by atoms with Crippen molar-refractivity contribution in [2.75, 3.05) is 6.61 Å². The lowest BCUT2D eigenvalue weighted by atomic mass is 10.1. The van der Waals surface area contributed by atoms with E-state index in [2.05, 4.69) is 16.4 Å². The van der Waals surface area contributed by atoms with Crippen LogP contribution in [0.2, 0.25) is 0 Å². The van der Waals surface area contributed by atoms with Crippen molar-refractivity contribution in [1.29, 1.82) is 0 Å². The predicted octanol–water partition coefficient (Wildman–Crippen LogP) is 4.63. The van der Waals surface area contributed by atoms with Crippen LogP contribution in [0.3, 0.4) is 0 Å². The van der Waals surface area contributed by atoms with Crippen molar-refractivity contribution in [3.8, 4) is 5.75 Å². The number of aromatic nitrogens is 2. The van der Waals surface area contributed by atoms with Crippen LogP contribution in [0.5, 0.6) is 5.75 Å². The van der Waals surface area contributed by atoms with Gasteiger partial charge >= 0.3 is 0 Å². The zero-order valence-electron chi connectivity index (χ0n) is 17.7. The summed E-state index contributed by atoms with van der Waals surface area (Å²) in [5, 5.41) is 3.00. The van der Waals surface area contributed by atoms with Gasteiger partial charge in [-0.1, -0.05) is 24.3 Å². The lowest BCUT2D eigenvalue weighted by molar-refractivity contribution is -0.121. The average molecular weight is 410 g/mol. The molecule has 3 aromatic rings. The highest BCUT2D eigenvalue weighted by atomic mass is 19.1. The number of aryl methyl sites for hydroxylation is 3. The molecule has 0 aliphatic heterocycles. The van der Waals surface area contributed by atoms with Crippen LogP contribution in [0.15, 0.2) is 54.9 Å². The Morgan fingerprint density at radius 2 is 2.03 bits per heavy atom. The van der Waals surface area contributed by atoms with E-state index < -0.39 is 6.04 Å². The fourth-order valence-electron chi connectivity index (χ4n) is 3.30. The molecule has 0 aliphatic rings. The Balaban J connectivity index is 1.53. The summed E-state index contributed by atoms with van der Waals surface area (Å²) in [5.41, 5.74) is 2.93. The Kier molecular flexibility index (Phi) is 7.22. The minimum atomic E-state index is -0.501. The molecule has 1 amide bonds. The minimum Gasteiger partial charge on any atom is -0.493 e. The maximum Gasteiger partial charge on any atom is 0.220 e. The molecule has 5 nitrogen and oxygen atoms in total. The minimum absolute atomic E-state index is 0.0982. The number of unbranched alkanes of at least 4 members (excludes halogenated alkanes) is 1. The topological polar surface area (TPSA) is 56.1 Å². The molecule has 0 bridgehead atoms. The second kappa shape index (κ2) is 10.1. The van der Waals surface area contributed by atoms with E-state index in [1.165, 1.54) is 12.1 Å². The van der Waals surface area contributed by atoms with E-state index in [4.69, 9.17) is 4.74 Å². The van der Waals surface area contributed by atoms with Gasteiger partial charge in [-0.3, -0.25) is 4.79 Å². The summed E-state index contributed by atoms with van der Waals surface area (Å²) in [5.74, 6) is 1.11. The third-order valence-corrected chi connectivity index (χ3v) is 5.00. The molecular weight excluding hydrogens is 381 g/mol. The van der Waals surface area contributed by atoms with Crippen molar-refractivity contribution in [2.45, 2.75) is 39.2 Å². The van der Waals surface area contributed by atoms with Gasteiger partial charge < -0.3 is 14.6 Å². The highest BCUT2D eigenvalue weighted by Crippen LogP contribution is 2.22. The Morgan fingerprint density at radius 3 is 2.77 bits per heavy atom. The Hall–Kier alpha value is -3.15. The van der Waals surface area contributed by atoms with E-state index in [0.717, 1.165) is 23.3 Å². The molecule has 0 aliphatic carbocycles. The number of nitrogens with one attached hydrogen (secondary N) is 1. The van der Waals surface area contributed by atoms with Crippen LogP contribution in [0.25, 0.3) is 0 Å². The van der Waals surface area contributed by atoms with Gasteiger partial charge in [-0.2, -0.15) is 0 Å². The molecule has 6 heteroatoms. The monoisotopic (exact) mass is 409 g/mol. The van der Waals surface area contributed by atoms with E-state index in [9.17, 15) is 9.18 Å². The van der Waals surface area contributed by atoms with Crippen molar-refractivity contribution in [3.63, 3.8) is 0 Å². The first kappa shape index (κ1) is 21.6. The molecule has 0 spiro atoms. The highest BCUT2D eigenvalue weighted by molar-refractivity contribution is 5.76. The Morgan fingerprint density at radius 1 is 1.20 bits per heavy atom. The number of nitrogens with zero attached hydrogens (tertiary/aromatic N) is 2. The van der Waals surface area contributed by atoms with Crippen LogP contribution in [0, 0.1) is 19.7 Å². The van der Waals surface area contributed by atoms with Crippen LogP contribution in [0.4, 0.5) is 4.39 Å². The largest absolute Gasteiger partial charge is 0.493 e. The molecule has 2 aromatic carbocycles. The van der Waals surface area contributed by atoms with Crippen LogP contribution in [0.1, 0.15) is 47.8 Å². The SMILES string of the molecule is Cc1ccc(C)c(OCCCCC(=O)NC(c2cccc(F)c2)c2nccn2C)c1. The quantitative estimate of drug-likeness (QED) is 0.524. The van der Waals surface area contributed by atoms with Gasteiger partial charge in [0, 0.05) is 25.9 Å². The summed E-state index contributed by atoms with van der Waals surface area (Å²) in [7, 11) is 1.85. The fourth-order valence-corrected chi connectivity index (χ4v) is 3.30. The molecule has 0 saturated carbocycles. The number of imidazole rings is 1. The standard InChI is InChI=1S/C24H28FN3O2/c1-17-10-11-18(2)21(15-17)30-14-5-4-9-22(29)27-23(24-26-12-13-28(24)3)19-7-6-8-20(25)16-19/h6-8,10-13,15-16,23H,4-5,9,14H2,1-3H3,(H,27,29). The number of hydrogen-bond donors (Lipinski definition) is 1. The Bertz CT molecular complexity index is 1000. The van der Waals surface area contributed by atoms with Gasteiger partial charge in [0.1, 0.15) is 23.4 Å².